The lowest BCUT2D eigenvalue weighted by Crippen LogP contribution is -2.27. The summed E-state index contributed by atoms with van der Waals surface area (Å²) in [5.41, 5.74) is 6.33. The fourth-order valence-electron chi connectivity index (χ4n) is 1.75. The molecule has 1 aromatic carbocycles. The zero-order valence-electron chi connectivity index (χ0n) is 9.15. The lowest BCUT2D eigenvalue weighted by Gasteiger charge is -2.16. The molecular formula is C11H11Cl2N3O. The van der Waals surface area contributed by atoms with Crippen LogP contribution in [0.25, 0.3) is 0 Å². The molecule has 1 aromatic rings. The first-order chi connectivity index (χ1) is 7.99. The third-order valence-electron chi connectivity index (χ3n) is 2.58. The van der Waals surface area contributed by atoms with Crippen LogP contribution in [-0.2, 0) is 4.79 Å². The highest BCUT2D eigenvalue weighted by Crippen LogP contribution is 2.31. The number of carbonyl (C=O) groups is 1. The summed E-state index contributed by atoms with van der Waals surface area (Å²) >= 11 is 11.9. The third kappa shape index (κ3) is 2.37. The topological polar surface area (TPSA) is 58.7 Å². The molecule has 0 radical (unpaired) electrons. The number of rotatable bonds is 2. The van der Waals surface area contributed by atoms with Crippen molar-refractivity contribution >= 4 is 40.5 Å². The largest absolute Gasteiger partial charge is 0.364 e. The normalized spacial score (nSPS) is 19.4. The van der Waals surface area contributed by atoms with Crippen molar-refractivity contribution in [2.45, 2.75) is 6.92 Å². The minimum Gasteiger partial charge on any atom is -0.364 e. The van der Waals surface area contributed by atoms with E-state index in [1.807, 2.05) is 6.92 Å². The van der Waals surface area contributed by atoms with Crippen LogP contribution in [0.15, 0.2) is 23.3 Å². The molecule has 6 heteroatoms. The maximum atomic E-state index is 11.1. The van der Waals surface area contributed by atoms with E-state index in [-0.39, 0.29) is 5.92 Å². The van der Waals surface area contributed by atoms with Crippen molar-refractivity contribution in [3.8, 4) is 0 Å². The van der Waals surface area contributed by atoms with Gasteiger partial charge in [0.2, 0.25) is 0 Å². The molecule has 90 valence electrons. The second-order valence-corrected chi connectivity index (χ2v) is 4.77. The van der Waals surface area contributed by atoms with Crippen molar-refractivity contribution in [2.24, 2.45) is 16.8 Å². The number of anilines is 1. The Hall–Kier alpha value is -1.26. The molecule has 1 aliphatic heterocycles. The number of primary amides is 1. The van der Waals surface area contributed by atoms with Gasteiger partial charge in [0.05, 0.1) is 17.3 Å². The molecule has 0 aromatic heterocycles. The molecule has 2 N–H and O–H groups in total. The first kappa shape index (κ1) is 12.2. The molecule has 1 unspecified atom stereocenters. The van der Waals surface area contributed by atoms with E-state index in [0.29, 0.717) is 22.3 Å². The fourth-order valence-corrected chi connectivity index (χ4v) is 2.26. The van der Waals surface area contributed by atoms with Gasteiger partial charge in [-0.2, -0.15) is 5.10 Å². The molecule has 0 spiro atoms. The van der Waals surface area contributed by atoms with E-state index in [2.05, 4.69) is 5.10 Å². The summed E-state index contributed by atoms with van der Waals surface area (Å²) in [6.45, 7) is 2.48. The first-order valence-corrected chi connectivity index (χ1v) is 5.85. The van der Waals surface area contributed by atoms with Gasteiger partial charge in [0.1, 0.15) is 5.71 Å². The number of hydrogen-bond acceptors (Lipinski definition) is 3. The van der Waals surface area contributed by atoms with Crippen LogP contribution in [-0.4, -0.2) is 18.2 Å². The lowest BCUT2D eigenvalue weighted by molar-refractivity contribution is -0.112. The monoisotopic (exact) mass is 271 g/mol. The van der Waals surface area contributed by atoms with Crippen molar-refractivity contribution in [3.63, 3.8) is 0 Å². The van der Waals surface area contributed by atoms with Gasteiger partial charge in [0.25, 0.3) is 5.91 Å². The number of carbonyl (C=O) groups excluding carboxylic acids is 1. The van der Waals surface area contributed by atoms with Crippen LogP contribution in [0.3, 0.4) is 0 Å². The van der Waals surface area contributed by atoms with Gasteiger partial charge in [-0.3, -0.25) is 9.80 Å². The highest BCUT2D eigenvalue weighted by Gasteiger charge is 2.28. The molecule has 0 fully saturated rings. The number of nitrogens with two attached hydrogens (primary N) is 1. The summed E-state index contributed by atoms with van der Waals surface area (Å²) in [5, 5.41) is 6.91. The SMILES string of the molecule is CC1CN(c2ccc(Cl)cc2Cl)N=C1C(N)=O. The summed E-state index contributed by atoms with van der Waals surface area (Å²) in [6.07, 6.45) is 0. The highest BCUT2D eigenvalue weighted by molar-refractivity contribution is 6.40. The quantitative estimate of drug-likeness (QED) is 0.897. The molecular weight excluding hydrogens is 261 g/mol. The van der Waals surface area contributed by atoms with Crippen molar-refractivity contribution < 1.29 is 4.79 Å². The van der Waals surface area contributed by atoms with E-state index in [9.17, 15) is 4.79 Å². The fraction of sp³-hybridized carbons (Fsp3) is 0.273. The molecule has 1 heterocycles. The van der Waals surface area contributed by atoms with E-state index < -0.39 is 5.91 Å². The standard InChI is InChI=1S/C11H11Cl2N3O/c1-6-5-16(15-10(6)11(14)17)9-3-2-7(12)4-8(9)13/h2-4,6H,5H2,1H3,(H2,14,17). The minimum absolute atomic E-state index is 0.000699. The summed E-state index contributed by atoms with van der Waals surface area (Å²) in [6, 6.07) is 5.14. The predicted octanol–water partition coefficient (Wildman–Crippen LogP) is 2.29. The Morgan fingerprint density at radius 3 is 2.76 bits per heavy atom. The van der Waals surface area contributed by atoms with Gasteiger partial charge >= 0.3 is 0 Å². The van der Waals surface area contributed by atoms with Crippen LogP contribution < -0.4 is 10.7 Å². The van der Waals surface area contributed by atoms with E-state index >= 15 is 0 Å². The maximum Gasteiger partial charge on any atom is 0.265 e. The van der Waals surface area contributed by atoms with Crippen LogP contribution in [0.1, 0.15) is 6.92 Å². The molecule has 2 rings (SSSR count). The van der Waals surface area contributed by atoms with E-state index in [1.165, 1.54) is 0 Å². The number of hydrazone groups is 1. The van der Waals surface area contributed by atoms with E-state index in [4.69, 9.17) is 28.9 Å². The number of amides is 1. The van der Waals surface area contributed by atoms with Gasteiger partial charge in [-0.05, 0) is 18.2 Å². The molecule has 0 bridgehead atoms. The summed E-state index contributed by atoms with van der Waals surface area (Å²) in [7, 11) is 0. The van der Waals surface area contributed by atoms with Crippen LogP contribution in [0.2, 0.25) is 10.0 Å². The average molecular weight is 272 g/mol. The smallest absolute Gasteiger partial charge is 0.265 e. The van der Waals surface area contributed by atoms with Gasteiger partial charge in [0, 0.05) is 10.9 Å². The molecule has 1 atom stereocenters. The summed E-state index contributed by atoms with van der Waals surface area (Å²) in [5.74, 6) is -0.496. The minimum atomic E-state index is -0.495. The second kappa shape index (κ2) is 4.55. The van der Waals surface area contributed by atoms with E-state index in [1.54, 1.807) is 23.2 Å². The Kier molecular flexibility index (Phi) is 3.26. The highest BCUT2D eigenvalue weighted by atomic mass is 35.5. The average Bonchev–Trinajstić information content (AvgIpc) is 2.60. The maximum absolute atomic E-state index is 11.1. The zero-order chi connectivity index (χ0) is 12.6. The Balaban J connectivity index is 2.34. The molecule has 0 saturated heterocycles. The van der Waals surface area contributed by atoms with E-state index in [0.717, 1.165) is 5.69 Å². The van der Waals surface area contributed by atoms with Gasteiger partial charge in [-0.25, -0.2) is 0 Å². The van der Waals surface area contributed by atoms with Crippen molar-refractivity contribution in [1.82, 2.24) is 0 Å². The lowest BCUT2D eigenvalue weighted by atomic mass is 10.1. The Labute approximate surface area is 109 Å². The summed E-state index contributed by atoms with van der Waals surface area (Å²) < 4.78 is 0. The zero-order valence-corrected chi connectivity index (χ0v) is 10.7. The van der Waals surface area contributed by atoms with Crippen LogP contribution >= 0.6 is 23.2 Å². The predicted molar refractivity (Wildman–Crippen MR) is 69.6 cm³/mol. The molecule has 17 heavy (non-hydrogen) atoms. The summed E-state index contributed by atoms with van der Waals surface area (Å²) in [4.78, 5) is 11.1. The third-order valence-corrected chi connectivity index (χ3v) is 3.12. The van der Waals surface area contributed by atoms with Gasteiger partial charge in [-0.15, -0.1) is 0 Å². The number of benzene rings is 1. The van der Waals surface area contributed by atoms with Crippen molar-refractivity contribution in [2.75, 3.05) is 11.6 Å². The van der Waals surface area contributed by atoms with Crippen LogP contribution in [0.5, 0.6) is 0 Å². The first-order valence-electron chi connectivity index (χ1n) is 5.10. The molecule has 1 aliphatic rings. The Morgan fingerprint density at radius 2 is 2.24 bits per heavy atom. The second-order valence-electron chi connectivity index (χ2n) is 3.93. The van der Waals surface area contributed by atoms with Gasteiger partial charge in [-0.1, -0.05) is 30.1 Å². The van der Waals surface area contributed by atoms with Crippen molar-refractivity contribution in [3.05, 3.63) is 28.2 Å². The number of halogens is 2. The Bertz CT molecular complexity index is 501. The molecule has 4 nitrogen and oxygen atoms in total. The molecule has 0 saturated carbocycles. The number of hydrogen-bond donors (Lipinski definition) is 1. The molecule has 0 aliphatic carbocycles. The Morgan fingerprint density at radius 1 is 1.53 bits per heavy atom. The molecule has 1 amide bonds. The number of nitrogens with zero attached hydrogens (tertiary/aromatic N) is 2. The van der Waals surface area contributed by atoms with Crippen LogP contribution in [0.4, 0.5) is 5.69 Å². The van der Waals surface area contributed by atoms with Crippen molar-refractivity contribution in [1.29, 1.82) is 0 Å². The van der Waals surface area contributed by atoms with Gasteiger partial charge < -0.3 is 5.73 Å². The van der Waals surface area contributed by atoms with Gasteiger partial charge in [0.15, 0.2) is 0 Å². The van der Waals surface area contributed by atoms with Crippen LogP contribution in [0, 0.1) is 5.92 Å².